The minimum atomic E-state index is -0.921. The first-order valence-electron chi connectivity index (χ1n) is 7.33. The lowest BCUT2D eigenvalue weighted by molar-refractivity contribution is -0.139. The van der Waals surface area contributed by atoms with E-state index in [1.54, 1.807) is 11.8 Å². The summed E-state index contributed by atoms with van der Waals surface area (Å²) in [5.74, 6) is -1.11. The summed E-state index contributed by atoms with van der Waals surface area (Å²) >= 11 is 0. The van der Waals surface area contributed by atoms with Crippen LogP contribution in [0.2, 0.25) is 0 Å². The highest BCUT2D eigenvalue weighted by atomic mass is 16.4. The number of nitrogens with zero attached hydrogens (tertiary/aromatic N) is 1. The number of carbonyl (C=O) groups excluding carboxylic acids is 1. The van der Waals surface area contributed by atoms with Crippen molar-refractivity contribution in [2.24, 2.45) is 0 Å². The third-order valence-electron chi connectivity index (χ3n) is 3.41. The molecule has 0 fully saturated rings. The predicted octanol–water partition coefficient (Wildman–Crippen LogP) is 2.37. The molecule has 0 heterocycles. The monoisotopic (exact) mass is 292 g/mol. The van der Waals surface area contributed by atoms with Crippen LogP contribution in [0.1, 0.15) is 32.8 Å². The summed E-state index contributed by atoms with van der Waals surface area (Å²) < 4.78 is 0. The third-order valence-corrected chi connectivity index (χ3v) is 3.41. The highest BCUT2D eigenvalue weighted by Crippen LogP contribution is 2.11. The van der Waals surface area contributed by atoms with Gasteiger partial charge in [0.2, 0.25) is 5.91 Å². The molecule has 0 saturated heterocycles. The molecule has 0 aliphatic rings. The van der Waals surface area contributed by atoms with Crippen molar-refractivity contribution in [2.75, 3.05) is 18.4 Å². The second-order valence-corrected chi connectivity index (χ2v) is 5.08. The van der Waals surface area contributed by atoms with E-state index < -0.39 is 12.0 Å². The zero-order chi connectivity index (χ0) is 15.8. The van der Waals surface area contributed by atoms with Gasteiger partial charge in [0, 0.05) is 5.69 Å². The Labute approximate surface area is 126 Å². The molecule has 0 aromatic heterocycles. The fraction of sp³-hybridized carbons (Fsp3) is 0.500. The van der Waals surface area contributed by atoms with E-state index in [1.165, 1.54) is 5.56 Å². The minimum absolute atomic E-state index is 0.128. The maximum atomic E-state index is 12.2. The summed E-state index contributed by atoms with van der Waals surface area (Å²) in [4.78, 5) is 24.8. The Hall–Kier alpha value is -1.88. The summed E-state index contributed by atoms with van der Waals surface area (Å²) in [5.41, 5.74) is 1.94. The zero-order valence-electron chi connectivity index (χ0n) is 12.9. The van der Waals surface area contributed by atoms with E-state index in [4.69, 9.17) is 5.11 Å². The Bertz CT molecular complexity index is 471. The molecule has 1 aromatic carbocycles. The van der Waals surface area contributed by atoms with Crippen LogP contribution in [0.15, 0.2) is 24.3 Å². The smallest absolute Gasteiger partial charge is 0.317 e. The van der Waals surface area contributed by atoms with Crippen LogP contribution in [-0.4, -0.2) is 41.0 Å². The average Bonchev–Trinajstić information content (AvgIpc) is 2.46. The molecule has 0 bridgehead atoms. The Morgan fingerprint density at radius 2 is 1.86 bits per heavy atom. The van der Waals surface area contributed by atoms with Crippen molar-refractivity contribution in [3.05, 3.63) is 29.8 Å². The first-order chi connectivity index (χ1) is 9.97. The van der Waals surface area contributed by atoms with Crippen LogP contribution in [0.25, 0.3) is 0 Å². The number of aryl methyl sites for hydroxylation is 1. The molecule has 21 heavy (non-hydrogen) atoms. The number of rotatable bonds is 8. The molecule has 1 unspecified atom stereocenters. The van der Waals surface area contributed by atoms with Gasteiger partial charge in [-0.25, -0.2) is 0 Å². The highest BCUT2D eigenvalue weighted by molar-refractivity contribution is 5.94. The van der Waals surface area contributed by atoms with Gasteiger partial charge >= 0.3 is 5.97 Å². The van der Waals surface area contributed by atoms with Gasteiger partial charge in [-0.2, -0.15) is 0 Å². The first kappa shape index (κ1) is 17.2. The summed E-state index contributed by atoms with van der Waals surface area (Å²) in [6.45, 7) is 6.22. The lowest BCUT2D eigenvalue weighted by Crippen LogP contribution is -2.44. The fourth-order valence-electron chi connectivity index (χ4n) is 2.11. The molecule has 5 heteroatoms. The summed E-state index contributed by atoms with van der Waals surface area (Å²) in [7, 11) is 0. The maximum Gasteiger partial charge on any atom is 0.317 e. The van der Waals surface area contributed by atoms with E-state index in [0.29, 0.717) is 6.54 Å². The molecule has 0 aliphatic heterocycles. The van der Waals surface area contributed by atoms with Crippen LogP contribution in [0.4, 0.5) is 5.69 Å². The van der Waals surface area contributed by atoms with Crippen molar-refractivity contribution in [1.29, 1.82) is 0 Å². The molecule has 0 radical (unpaired) electrons. The number of hydrogen-bond acceptors (Lipinski definition) is 3. The van der Waals surface area contributed by atoms with Crippen molar-refractivity contribution in [2.45, 2.75) is 39.7 Å². The molecule has 1 rings (SSSR count). The molecule has 0 aliphatic carbocycles. The molecular weight excluding hydrogens is 268 g/mol. The van der Waals surface area contributed by atoms with E-state index in [-0.39, 0.29) is 12.5 Å². The van der Waals surface area contributed by atoms with Crippen LogP contribution < -0.4 is 5.32 Å². The van der Waals surface area contributed by atoms with Crippen LogP contribution in [0, 0.1) is 0 Å². The number of carboxylic acids is 1. The zero-order valence-corrected chi connectivity index (χ0v) is 12.9. The Morgan fingerprint density at radius 1 is 1.24 bits per heavy atom. The van der Waals surface area contributed by atoms with Gasteiger partial charge in [-0.1, -0.05) is 26.0 Å². The van der Waals surface area contributed by atoms with Gasteiger partial charge < -0.3 is 10.4 Å². The summed E-state index contributed by atoms with van der Waals surface area (Å²) in [6, 6.07) is 7.20. The summed E-state index contributed by atoms with van der Waals surface area (Å²) in [6.07, 6.45) is 1.75. The van der Waals surface area contributed by atoms with Crippen LogP contribution in [0.3, 0.4) is 0 Å². The van der Waals surface area contributed by atoms with Gasteiger partial charge in [-0.3, -0.25) is 14.5 Å². The molecule has 5 nitrogen and oxygen atoms in total. The third kappa shape index (κ3) is 5.55. The number of nitrogens with one attached hydrogen (secondary N) is 1. The van der Waals surface area contributed by atoms with Crippen LogP contribution >= 0.6 is 0 Å². The van der Waals surface area contributed by atoms with Crippen molar-refractivity contribution in [3.8, 4) is 0 Å². The van der Waals surface area contributed by atoms with Crippen molar-refractivity contribution in [1.82, 2.24) is 4.90 Å². The van der Waals surface area contributed by atoms with Crippen LogP contribution in [-0.2, 0) is 16.0 Å². The standard InChI is InChI=1S/C16H24N2O3/c1-4-10-18(11-15(19)20)12(3)16(21)17-14-8-6-13(5-2)7-9-14/h6-9,12H,4-5,10-11H2,1-3H3,(H,17,21)(H,19,20). The van der Waals surface area contributed by atoms with E-state index in [0.717, 1.165) is 18.5 Å². The van der Waals surface area contributed by atoms with E-state index >= 15 is 0 Å². The SMILES string of the molecule is CCCN(CC(=O)O)C(C)C(=O)Nc1ccc(CC)cc1. The number of anilines is 1. The van der Waals surface area contributed by atoms with Gasteiger partial charge in [0.05, 0.1) is 12.6 Å². The minimum Gasteiger partial charge on any atom is -0.480 e. The van der Waals surface area contributed by atoms with E-state index in [2.05, 4.69) is 12.2 Å². The topological polar surface area (TPSA) is 69.6 Å². The summed E-state index contributed by atoms with van der Waals surface area (Å²) in [5, 5.41) is 11.7. The second-order valence-electron chi connectivity index (χ2n) is 5.08. The van der Waals surface area contributed by atoms with Crippen molar-refractivity contribution in [3.63, 3.8) is 0 Å². The Balaban J connectivity index is 2.68. The molecule has 1 amide bonds. The number of carboxylic acid groups (broad SMARTS) is 1. The molecular formula is C16H24N2O3. The molecule has 0 saturated carbocycles. The molecule has 116 valence electrons. The van der Waals surface area contributed by atoms with Crippen molar-refractivity contribution >= 4 is 17.6 Å². The van der Waals surface area contributed by atoms with Crippen molar-refractivity contribution < 1.29 is 14.7 Å². The normalized spacial score (nSPS) is 12.2. The Morgan fingerprint density at radius 3 is 2.33 bits per heavy atom. The van der Waals surface area contributed by atoms with Gasteiger partial charge in [0.15, 0.2) is 0 Å². The number of aliphatic carboxylic acids is 1. The van der Waals surface area contributed by atoms with Gasteiger partial charge in [0.25, 0.3) is 0 Å². The van der Waals surface area contributed by atoms with E-state index in [9.17, 15) is 9.59 Å². The van der Waals surface area contributed by atoms with E-state index in [1.807, 2.05) is 31.2 Å². The quantitative estimate of drug-likeness (QED) is 0.772. The number of amides is 1. The van der Waals surface area contributed by atoms with Gasteiger partial charge in [-0.05, 0) is 44.0 Å². The van der Waals surface area contributed by atoms with Gasteiger partial charge in [-0.15, -0.1) is 0 Å². The van der Waals surface area contributed by atoms with Crippen LogP contribution in [0.5, 0.6) is 0 Å². The highest BCUT2D eigenvalue weighted by Gasteiger charge is 2.22. The second kappa shape index (κ2) is 8.42. The Kier molecular flexibility index (Phi) is 6.88. The molecule has 1 aromatic rings. The maximum absolute atomic E-state index is 12.2. The fourth-order valence-corrected chi connectivity index (χ4v) is 2.11. The lowest BCUT2D eigenvalue weighted by atomic mass is 10.1. The molecule has 1 atom stereocenters. The average molecular weight is 292 g/mol. The number of hydrogen-bond donors (Lipinski definition) is 2. The van der Waals surface area contributed by atoms with Gasteiger partial charge in [0.1, 0.15) is 0 Å². The largest absolute Gasteiger partial charge is 0.480 e. The number of carbonyl (C=O) groups is 2. The first-order valence-corrected chi connectivity index (χ1v) is 7.33. The molecule has 2 N–H and O–H groups in total. The predicted molar refractivity (Wildman–Crippen MR) is 83.4 cm³/mol. The molecule has 0 spiro atoms. The number of benzene rings is 1. The lowest BCUT2D eigenvalue weighted by Gasteiger charge is -2.26.